The number of likely N-dealkylation sites (tertiary alicyclic amines) is 1. The second kappa shape index (κ2) is 9.17. The molecule has 0 bridgehead atoms. The van der Waals surface area contributed by atoms with Crippen molar-refractivity contribution >= 4 is 17.4 Å². The van der Waals surface area contributed by atoms with Gasteiger partial charge in [-0.05, 0) is 54.2 Å². The Morgan fingerprint density at radius 3 is 2.38 bits per heavy atom. The summed E-state index contributed by atoms with van der Waals surface area (Å²) in [6.45, 7) is 5.21. The van der Waals surface area contributed by atoms with Crippen LogP contribution in [0, 0.1) is 0 Å². The Hall–Kier alpha value is -3.12. The molecule has 2 fully saturated rings. The van der Waals surface area contributed by atoms with Crippen LogP contribution in [0.4, 0.5) is 0 Å². The van der Waals surface area contributed by atoms with E-state index in [0.717, 1.165) is 18.4 Å². The van der Waals surface area contributed by atoms with Gasteiger partial charge in [0.15, 0.2) is 0 Å². The summed E-state index contributed by atoms with van der Waals surface area (Å²) in [6.07, 6.45) is 1.68. The van der Waals surface area contributed by atoms with Gasteiger partial charge in [0.25, 0.3) is 11.7 Å². The van der Waals surface area contributed by atoms with Crippen molar-refractivity contribution in [1.29, 1.82) is 0 Å². The van der Waals surface area contributed by atoms with E-state index in [9.17, 15) is 14.7 Å². The Labute approximate surface area is 188 Å². The van der Waals surface area contributed by atoms with E-state index < -0.39 is 17.7 Å². The van der Waals surface area contributed by atoms with E-state index >= 15 is 0 Å². The Bertz CT molecular complexity index is 1020. The van der Waals surface area contributed by atoms with Crippen molar-refractivity contribution < 1.29 is 24.2 Å². The lowest BCUT2D eigenvalue weighted by Gasteiger charge is -2.27. The van der Waals surface area contributed by atoms with E-state index in [1.165, 1.54) is 5.56 Å². The molecule has 2 aromatic rings. The molecule has 2 aliphatic rings. The Morgan fingerprint density at radius 2 is 1.81 bits per heavy atom. The zero-order chi connectivity index (χ0) is 22.8. The number of carbonyl (C=O) groups is 2. The fourth-order valence-corrected chi connectivity index (χ4v) is 4.39. The number of ketones is 1. The zero-order valence-corrected chi connectivity index (χ0v) is 18.7. The van der Waals surface area contributed by atoms with Crippen LogP contribution in [-0.4, -0.2) is 48.1 Å². The number of benzene rings is 2. The minimum Gasteiger partial charge on any atom is -0.507 e. The molecule has 0 spiro atoms. The molecule has 168 valence electrons. The van der Waals surface area contributed by atoms with Crippen LogP contribution in [0.5, 0.6) is 5.75 Å². The summed E-state index contributed by atoms with van der Waals surface area (Å²) in [4.78, 5) is 27.7. The van der Waals surface area contributed by atoms with Crippen molar-refractivity contribution in [3.63, 3.8) is 0 Å². The van der Waals surface area contributed by atoms with Gasteiger partial charge < -0.3 is 19.5 Å². The third kappa shape index (κ3) is 4.15. The number of carbonyl (C=O) groups excluding carboxylic acids is 2. The maximum absolute atomic E-state index is 13.1. The van der Waals surface area contributed by atoms with Crippen LogP contribution in [0.1, 0.15) is 55.3 Å². The van der Waals surface area contributed by atoms with Crippen molar-refractivity contribution in [2.75, 3.05) is 20.3 Å². The number of rotatable bonds is 6. The lowest BCUT2D eigenvalue weighted by atomic mass is 9.93. The summed E-state index contributed by atoms with van der Waals surface area (Å²) >= 11 is 0. The van der Waals surface area contributed by atoms with Gasteiger partial charge in [0.05, 0.1) is 24.8 Å². The summed E-state index contributed by atoms with van der Waals surface area (Å²) in [5, 5.41) is 11.1. The first kappa shape index (κ1) is 22.1. The molecule has 6 heteroatoms. The highest BCUT2D eigenvalue weighted by atomic mass is 16.5. The quantitative estimate of drug-likeness (QED) is 0.413. The van der Waals surface area contributed by atoms with Crippen molar-refractivity contribution in [2.45, 2.75) is 44.8 Å². The maximum atomic E-state index is 13.1. The van der Waals surface area contributed by atoms with E-state index in [1.807, 2.05) is 24.3 Å². The molecule has 0 radical (unpaired) electrons. The number of amides is 1. The molecule has 0 aliphatic carbocycles. The van der Waals surface area contributed by atoms with E-state index in [-0.39, 0.29) is 17.4 Å². The fraction of sp³-hybridized carbons (Fsp3) is 0.385. The van der Waals surface area contributed by atoms with Crippen molar-refractivity contribution in [3.05, 3.63) is 70.8 Å². The van der Waals surface area contributed by atoms with E-state index in [0.29, 0.717) is 30.4 Å². The Balaban J connectivity index is 1.79. The number of hydrogen-bond acceptors (Lipinski definition) is 5. The van der Waals surface area contributed by atoms with Gasteiger partial charge in [-0.1, -0.05) is 38.1 Å². The number of aliphatic hydroxyl groups is 1. The molecule has 0 saturated carbocycles. The van der Waals surface area contributed by atoms with Gasteiger partial charge in [-0.2, -0.15) is 0 Å². The zero-order valence-electron chi connectivity index (χ0n) is 18.7. The van der Waals surface area contributed by atoms with Crippen LogP contribution >= 0.6 is 0 Å². The average Bonchev–Trinajstić information content (AvgIpc) is 3.41. The smallest absolute Gasteiger partial charge is 0.295 e. The molecule has 2 heterocycles. The number of Topliss-reactive ketones (excluding diaryl/α,β-unsaturated/α-hetero) is 1. The number of methoxy groups -OCH3 is 1. The monoisotopic (exact) mass is 435 g/mol. The molecule has 0 unspecified atom stereocenters. The van der Waals surface area contributed by atoms with Gasteiger partial charge >= 0.3 is 0 Å². The molecule has 2 atom stereocenters. The Kier molecular flexibility index (Phi) is 6.33. The van der Waals surface area contributed by atoms with E-state index in [2.05, 4.69) is 13.8 Å². The van der Waals surface area contributed by atoms with Crippen molar-refractivity contribution in [1.82, 2.24) is 4.90 Å². The standard InChI is InChI=1S/C26H29NO5/c1-16(2)17-6-8-18(9-7-17)23-22(24(28)19-10-12-20(31-3)13-11-19)25(29)26(30)27(23)15-21-5-4-14-32-21/h6-13,16,21,23,28H,4-5,14-15H2,1-3H3/b24-22+/t21-,23-/m1/s1. The number of nitrogens with zero attached hydrogens (tertiary/aromatic N) is 1. The third-order valence-corrected chi connectivity index (χ3v) is 6.25. The summed E-state index contributed by atoms with van der Waals surface area (Å²) in [6, 6.07) is 14.0. The second-order valence-corrected chi connectivity index (χ2v) is 8.64. The summed E-state index contributed by atoms with van der Waals surface area (Å²) < 4.78 is 10.9. The summed E-state index contributed by atoms with van der Waals surface area (Å²) in [5.41, 5.74) is 2.53. The molecule has 2 aliphatic heterocycles. The SMILES string of the molecule is COc1ccc(/C(O)=C2\C(=O)C(=O)N(C[C@H]3CCCO3)[C@@H]2c2ccc(C(C)C)cc2)cc1. The van der Waals surface area contributed by atoms with Gasteiger partial charge in [-0.3, -0.25) is 9.59 Å². The van der Waals surface area contributed by atoms with Crippen LogP contribution in [0.25, 0.3) is 5.76 Å². The number of hydrogen-bond donors (Lipinski definition) is 1. The first-order valence-electron chi connectivity index (χ1n) is 11.0. The van der Waals surface area contributed by atoms with Crippen LogP contribution in [0.3, 0.4) is 0 Å². The highest BCUT2D eigenvalue weighted by Crippen LogP contribution is 2.40. The van der Waals surface area contributed by atoms with Crippen LogP contribution in [0.2, 0.25) is 0 Å². The van der Waals surface area contributed by atoms with Gasteiger partial charge in [-0.25, -0.2) is 0 Å². The first-order valence-corrected chi connectivity index (χ1v) is 11.0. The van der Waals surface area contributed by atoms with Crippen LogP contribution in [-0.2, 0) is 14.3 Å². The largest absolute Gasteiger partial charge is 0.507 e. The van der Waals surface area contributed by atoms with Gasteiger partial charge in [-0.15, -0.1) is 0 Å². The molecule has 2 aromatic carbocycles. The maximum Gasteiger partial charge on any atom is 0.295 e. The predicted octanol–water partition coefficient (Wildman–Crippen LogP) is 4.42. The minimum atomic E-state index is -0.672. The molecule has 0 aromatic heterocycles. The minimum absolute atomic E-state index is 0.105. The summed E-state index contributed by atoms with van der Waals surface area (Å²) in [5.74, 6) is -0.454. The molecule has 1 amide bonds. The highest BCUT2D eigenvalue weighted by molar-refractivity contribution is 6.46. The Morgan fingerprint density at radius 1 is 1.12 bits per heavy atom. The molecular formula is C26H29NO5. The fourth-order valence-electron chi connectivity index (χ4n) is 4.39. The van der Waals surface area contributed by atoms with E-state index in [4.69, 9.17) is 9.47 Å². The normalized spacial score (nSPS) is 22.7. The highest BCUT2D eigenvalue weighted by Gasteiger charge is 2.47. The van der Waals surface area contributed by atoms with Gasteiger partial charge in [0, 0.05) is 18.7 Å². The molecule has 4 rings (SSSR count). The molecule has 2 saturated heterocycles. The van der Waals surface area contributed by atoms with E-state index in [1.54, 1.807) is 36.3 Å². The topological polar surface area (TPSA) is 76.1 Å². The van der Waals surface area contributed by atoms with Gasteiger partial charge in [0.2, 0.25) is 0 Å². The molecule has 32 heavy (non-hydrogen) atoms. The first-order chi connectivity index (χ1) is 15.4. The number of aliphatic hydroxyl groups excluding tert-OH is 1. The lowest BCUT2D eigenvalue weighted by Crippen LogP contribution is -2.36. The number of ether oxygens (including phenoxy) is 2. The molecule has 1 N–H and O–H groups in total. The molecular weight excluding hydrogens is 406 g/mol. The van der Waals surface area contributed by atoms with Gasteiger partial charge in [0.1, 0.15) is 11.5 Å². The van der Waals surface area contributed by atoms with Crippen molar-refractivity contribution in [3.8, 4) is 5.75 Å². The third-order valence-electron chi connectivity index (χ3n) is 6.25. The second-order valence-electron chi connectivity index (χ2n) is 8.64. The van der Waals surface area contributed by atoms with Crippen molar-refractivity contribution in [2.24, 2.45) is 0 Å². The summed E-state index contributed by atoms with van der Waals surface area (Å²) in [7, 11) is 1.56. The lowest BCUT2D eigenvalue weighted by molar-refractivity contribution is -0.140. The molecule has 6 nitrogen and oxygen atoms in total. The van der Waals surface area contributed by atoms with Crippen LogP contribution in [0.15, 0.2) is 54.1 Å². The average molecular weight is 436 g/mol. The van der Waals surface area contributed by atoms with Crippen LogP contribution < -0.4 is 4.74 Å². The predicted molar refractivity (Wildman–Crippen MR) is 122 cm³/mol.